The molecule has 1 atom stereocenters. The van der Waals surface area contributed by atoms with Gasteiger partial charge < -0.3 is 14.8 Å². The van der Waals surface area contributed by atoms with Crippen LogP contribution in [0.2, 0.25) is 5.02 Å². The van der Waals surface area contributed by atoms with Crippen molar-refractivity contribution < 1.29 is 14.3 Å². The third-order valence-electron chi connectivity index (χ3n) is 3.74. The lowest BCUT2D eigenvalue weighted by atomic mass is 10.1. The van der Waals surface area contributed by atoms with E-state index < -0.39 is 6.10 Å². The van der Waals surface area contributed by atoms with Gasteiger partial charge in [0.1, 0.15) is 11.5 Å². The zero-order valence-electron chi connectivity index (χ0n) is 14.4. The first-order chi connectivity index (χ1) is 11.4. The largest absolute Gasteiger partial charge is 0.496 e. The van der Waals surface area contributed by atoms with Gasteiger partial charge in [0.15, 0.2) is 6.10 Å². The summed E-state index contributed by atoms with van der Waals surface area (Å²) >= 11 is 6.15. The Balaban J connectivity index is 1.97. The monoisotopic (exact) mass is 347 g/mol. The number of rotatable bonds is 6. The summed E-state index contributed by atoms with van der Waals surface area (Å²) in [6.45, 7) is 5.93. The fourth-order valence-corrected chi connectivity index (χ4v) is 2.52. The third kappa shape index (κ3) is 4.42. The number of methoxy groups -OCH3 is 1. The van der Waals surface area contributed by atoms with Gasteiger partial charge in [0.05, 0.1) is 7.11 Å². The molecule has 4 nitrogen and oxygen atoms in total. The molecule has 0 bridgehead atoms. The molecule has 5 heteroatoms. The molecule has 2 rings (SSSR count). The molecule has 0 aliphatic heterocycles. The highest BCUT2D eigenvalue weighted by Crippen LogP contribution is 2.26. The van der Waals surface area contributed by atoms with Crippen LogP contribution in [0.4, 0.5) is 0 Å². The quantitative estimate of drug-likeness (QED) is 0.857. The fraction of sp³-hybridized carbons (Fsp3) is 0.316. The van der Waals surface area contributed by atoms with Crippen molar-refractivity contribution in [3.05, 3.63) is 58.1 Å². The summed E-state index contributed by atoms with van der Waals surface area (Å²) in [4.78, 5) is 12.3. The molecule has 1 amide bonds. The Morgan fingerprint density at radius 2 is 1.83 bits per heavy atom. The summed E-state index contributed by atoms with van der Waals surface area (Å²) in [5.41, 5.74) is 2.76. The van der Waals surface area contributed by atoms with Gasteiger partial charge in [-0.05, 0) is 50.1 Å². The number of para-hydroxylation sites is 1. The number of aryl methyl sites for hydroxylation is 2. The van der Waals surface area contributed by atoms with Crippen LogP contribution >= 0.6 is 11.6 Å². The second-order valence-corrected chi connectivity index (χ2v) is 6.04. The lowest BCUT2D eigenvalue weighted by molar-refractivity contribution is -0.127. The molecule has 0 radical (unpaired) electrons. The number of carbonyl (C=O) groups is 1. The number of halogens is 1. The Bertz CT molecular complexity index is 707. The van der Waals surface area contributed by atoms with E-state index in [1.807, 2.05) is 50.2 Å². The summed E-state index contributed by atoms with van der Waals surface area (Å²) < 4.78 is 11.0. The first-order valence-electron chi connectivity index (χ1n) is 7.75. The number of ether oxygens (including phenoxy) is 2. The SMILES string of the molecule is COc1ccccc1CNC(=O)C(C)Oc1cc(C)c(Cl)c(C)c1. The minimum Gasteiger partial charge on any atom is -0.496 e. The molecule has 0 aliphatic rings. The van der Waals surface area contributed by atoms with Crippen LogP contribution in [-0.4, -0.2) is 19.1 Å². The van der Waals surface area contributed by atoms with Gasteiger partial charge in [-0.1, -0.05) is 29.8 Å². The molecule has 0 saturated carbocycles. The molecule has 24 heavy (non-hydrogen) atoms. The Morgan fingerprint density at radius 1 is 1.21 bits per heavy atom. The molecule has 0 saturated heterocycles. The van der Waals surface area contributed by atoms with Crippen LogP contribution in [0.3, 0.4) is 0 Å². The Morgan fingerprint density at radius 3 is 2.46 bits per heavy atom. The second kappa shape index (κ2) is 8.06. The highest BCUT2D eigenvalue weighted by Gasteiger charge is 2.16. The molecule has 128 valence electrons. The maximum Gasteiger partial charge on any atom is 0.261 e. The smallest absolute Gasteiger partial charge is 0.261 e. The number of benzene rings is 2. The van der Waals surface area contributed by atoms with Crippen molar-refractivity contribution in [1.82, 2.24) is 5.32 Å². The molecule has 0 fully saturated rings. The van der Waals surface area contributed by atoms with Crippen LogP contribution in [0.25, 0.3) is 0 Å². The molecular formula is C19H22ClNO3. The van der Waals surface area contributed by atoms with Gasteiger partial charge in [0.25, 0.3) is 5.91 Å². The van der Waals surface area contributed by atoms with Crippen LogP contribution in [0.15, 0.2) is 36.4 Å². The van der Waals surface area contributed by atoms with Crippen LogP contribution < -0.4 is 14.8 Å². The standard InChI is InChI=1S/C19H22ClNO3/c1-12-9-16(10-13(2)18(12)20)24-14(3)19(22)21-11-15-7-5-6-8-17(15)23-4/h5-10,14H,11H2,1-4H3,(H,21,22). The lowest BCUT2D eigenvalue weighted by Gasteiger charge is -2.17. The predicted octanol–water partition coefficient (Wildman–Crippen LogP) is 4.05. The van der Waals surface area contributed by atoms with Gasteiger partial charge in [-0.25, -0.2) is 0 Å². The number of amides is 1. The Labute approximate surface area is 147 Å². The molecule has 1 unspecified atom stereocenters. The summed E-state index contributed by atoms with van der Waals surface area (Å²) in [5, 5.41) is 3.58. The summed E-state index contributed by atoms with van der Waals surface area (Å²) in [6, 6.07) is 11.2. The van der Waals surface area contributed by atoms with E-state index >= 15 is 0 Å². The molecule has 2 aromatic carbocycles. The summed E-state index contributed by atoms with van der Waals surface area (Å²) in [7, 11) is 1.61. The highest BCUT2D eigenvalue weighted by molar-refractivity contribution is 6.32. The van der Waals surface area contributed by atoms with E-state index in [4.69, 9.17) is 21.1 Å². The molecule has 0 heterocycles. The van der Waals surface area contributed by atoms with Crippen molar-refractivity contribution in [3.63, 3.8) is 0 Å². The van der Waals surface area contributed by atoms with Crippen LogP contribution in [0.1, 0.15) is 23.6 Å². The average molecular weight is 348 g/mol. The van der Waals surface area contributed by atoms with Crippen LogP contribution in [0.5, 0.6) is 11.5 Å². The third-order valence-corrected chi connectivity index (χ3v) is 4.33. The van der Waals surface area contributed by atoms with Crippen molar-refractivity contribution >= 4 is 17.5 Å². The van der Waals surface area contributed by atoms with E-state index in [0.29, 0.717) is 12.3 Å². The molecule has 0 spiro atoms. The zero-order chi connectivity index (χ0) is 17.7. The minimum absolute atomic E-state index is 0.189. The summed E-state index contributed by atoms with van der Waals surface area (Å²) in [5.74, 6) is 1.19. The number of hydrogen-bond acceptors (Lipinski definition) is 3. The Kier molecular flexibility index (Phi) is 6.10. The lowest BCUT2D eigenvalue weighted by Crippen LogP contribution is -2.36. The van der Waals surface area contributed by atoms with Gasteiger partial charge in [-0.2, -0.15) is 0 Å². The van der Waals surface area contributed by atoms with Crippen molar-refractivity contribution in [2.45, 2.75) is 33.4 Å². The Hall–Kier alpha value is -2.20. The fourth-order valence-electron chi connectivity index (χ4n) is 2.41. The predicted molar refractivity (Wildman–Crippen MR) is 95.9 cm³/mol. The first kappa shape index (κ1) is 18.1. The first-order valence-corrected chi connectivity index (χ1v) is 8.13. The number of hydrogen-bond donors (Lipinski definition) is 1. The van der Waals surface area contributed by atoms with Crippen LogP contribution in [0, 0.1) is 13.8 Å². The van der Waals surface area contributed by atoms with Gasteiger partial charge in [0.2, 0.25) is 0 Å². The van der Waals surface area contributed by atoms with E-state index in [-0.39, 0.29) is 5.91 Å². The topological polar surface area (TPSA) is 47.6 Å². The van der Waals surface area contributed by atoms with Crippen molar-refractivity contribution in [2.75, 3.05) is 7.11 Å². The van der Waals surface area contributed by atoms with E-state index in [1.54, 1.807) is 14.0 Å². The van der Waals surface area contributed by atoms with Gasteiger partial charge in [-0.15, -0.1) is 0 Å². The normalized spacial score (nSPS) is 11.7. The molecular weight excluding hydrogens is 326 g/mol. The number of carbonyl (C=O) groups excluding carboxylic acids is 1. The van der Waals surface area contributed by atoms with Crippen molar-refractivity contribution in [2.24, 2.45) is 0 Å². The molecule has 0 aromatic heterocycles. The van der Waals surface area contributed by atoms with Crippen LogP contribution in [-0.2, 0) is 11.3 Å². The summed E-state index contributed by atoms with van der Waals surface area (Å²) in [6.07, 6.45) is -0.611. The van der Waals surface area contributed by atoms with E-state index in [0.717, 1.165) is 27.5 Å². The second-order valence-electron chi connectivity index (χ2n) is 5.66. The average Bonchev–Trinajstić information content (AvgIpc) is 2.57. The van der Waals surface area contributed by atoms with E-state index in [2.05, 4.69) is 5.32 Å². The minimum atomic E-state index is -0.611. The molecule has 1 N–H and O–H groups in total. The highest BCUT2D eigenvalue weighted by atomic mass is 35.5. The van der Waals surface area contributed by atoms with E-state index in [1.165, 1.54) is 0 Å². The van der Waals surface area contributed by atoms with Gasteiger partial charge in [-0.3, -0.25) is 4.79 Å². The molecule has 2 aromatic rings. The van der Waals surface area contributed by atoms with Gasteiger partial charge in [0, 0.05) is 17.1 Å². The maximum absolute atomic E-state index is 12.3. The molecule has 0 aliphatic carbocycles. The van der Waals surface area contributed by atoms with E-state index in [9.17, 15) is 4.79 Å². The van der Waals surface area contributed by atoms with Gasteiger partial charge >= 0.3 is 0 Å². The van der Waals surface area contributed by atoms with Crippen molar-refractivity contribution in [1.29, 1.82) is 0 Å². The number of nitrogens with one attached hydrogen (secondary N) is 1. The maximum atomic E-state index is 12.3. The van der Waals surface area contributed by atoms with Crippen molar-refractivity contribution in [3.8, 4) is 11.5 Å². The zero-order valence-corrected chi connectivity index (χ0v) is 15.1.